The zero-order chi connectivity index (χ0) is 12.3. The fourth-order valence-corrected chi connectivity index (χ4v) is 2.36. The van der Waals surface area contributed by atoms with Crippen LogP contribution in [0.25, 0.3) is 0 Å². The Morgan fingerprint density at radius 3 is 2.59 bits per heavy atom. The molecule has 1 aromatic rings. The number of carbonyl (C=O) groups excluding carboxylic acids is 2. The van der Waals surface area contributed by atoms with E-state index in [4.69, 9.17) is 11.2 Å². The molecule has 1 heterocycles. The van der Waals surface area contributed by atoms with Crippen molar-refractivity contribution in [1.29, 1.82) is 0 Å². The average molecular weight is 247 g/mol. The van der Waals surface area contributed by atoms with Crippen LogP contribution < -0.4 is 10.1 Å². The minimum atomic E-state index is -0.345. The molecule has 1 unspecified atom stereocenters. The molecule has 1 aliphatic heterocycles. The smallest absolute Gasteiger partial charge is 0.286 e. The Morgan fingerprint density at radius 1 is 1.35 bits per heavy atom. The van der Waals surface area contributed by atoms with E-state index < -0.39 is 0 Å². The normalized spacial score (nSPS) is 18.6. The largest absolute Gasteiger partial charge is 0.408 e. The van der Waals surface area contributed by atoms with Crippen molar-refractivity contribution < 1.29 is 14.3 Å². The van der Waals surface area contributed by atoms with Gasteiger partial charge in [-0.25, -0.2) is 0 Å². The quantitative estimate of drug-likeness (QED) is 0.823. The summed E-state index contributed by atoms with van der Waals surface area (Å²) in [4.78, 5) is 22.3. The standard InChI is InChI=1S/C12H9NO3S/c1-2-16-9-5-3-8(4-6-9)7-10-11(14)13-12(15)17-10/h1,3-6,10H,7H2,(H,13,14,15). The van der Waals surface area contributed by atoms with Gasteiger partial charge in [-0.3, -0.25) is 14.9 Å². The van der Waals surface area contributed by atoms with Crippen molar-refractivity contribution in [1.82, 2.24) is 5.32 Å². The molecule has 5 heteroatoms. The Hall–Kier alpha value is -1.93. The number of nitrogens with one attached hydrogen (secondary N) is 1. The zero-order valence-corrected chi connectivity index (χ0v) is 9.62. The van der Waals surface area contributed by atoms with Crippen LogP contribution >= 0.6 is 11.8 Å². The summed E-state index contributed by atoms with van der Waals surface area (Å²) >= 11 is 1.02. The third-order valence-electron chi connectivity index (χ3n) is 2.29. The van der Waals surface area contributed by atoms with Crippen LogP contribution in [0.15, 0.2) is 24.3 Å². The Balaban J connectivity index is 2.02. The Labute approximate surface area is 103 Å². The van der Waals surface area contributed by atoms with Gasteiger partial charge in [0.05, 0.1) is 5.25 Å². The van der Waals surface area contributed by atoms with Crippen LogP contribution in [-0.2, 0) is 11.2 Å². The molecule has 0 radical (unpaired) electrons. The summed E-state index contributed by atoms with van der Waals surface area (Å²) in [6.07, 6.45) is 7.59. The summed E-state index contributed by atoms with van der Waals surface area (Å²) in [6.45, 7) is 0. The lowest BCUT2D eigenvalue weighted by atomic mass is 10.1. The van der Waals surface area contributed by atoms with E-state index in [0.29, 0.717) is 12.2 Å². The summed E-state index contributed by atoms with van der Waals surface area (Å²) in [5, 5.41) is 1.62. The predicted octanol–water partition coefficient (Wildman–Crippen LogP) is 1.55. The van der Waals surface area contributed by atoms with Gasteiger partial charge in [-0.05, 0) is 24.1 Å². The minimum Gasteiger partial charge on any atom is -0.408 e. The molecule has 1 fully saturated rings. The maximum absolute atomic E-state index is 11.4. The average Bonchev–Trinajstić information content (AvgIpc) is 2.61. The maximum Gasteiger partial charge on any atom is 0.286 e. The van der Waals surface area contributed by atoms with Gasteiger partial charge in [-0.1, -0.05) is 30.3 Å². The summed E-state index contributed by atoms with van der Waals surface area (Å²) in [7, 11) is 0. The molecular formula is C12H9NO3S. The molecule has 1 N–H and O–H groups in total. The van der Waals surface area contributed by atoms with Crippen LogP contribution in [0.3, 0.4) is 0 Å². The lowest BCUT2D eigenvalue weighted by molar-refractivity contribution is -0.118. The first-order valence-corrected chi connectivity index (χ1v) is 5.80. The molecule has 1 atom stereocenters. The second-order valence-electron chi connectivity index (χ2n) is 3.45. The Morgan fingerprint density at radius 2 is 2.06 bits per heavy atom. The molecule has 0 aliphatic carbocycles. The van der Waals surface area contributed by atoms with Gasteiger partial charge in [-0.15, -0.1) is 0 Å². The number of hydrogen-bond acceptors (Lipinski definition) is 4. The maximum atomic E-state index is 11.4. The van der Waals surface area contributed by atoms with Crippen LogP contribution in [0.2, 0.25) is 0 Å². The molecule has 0 spiro atoms. The molecule has 1 saturated heterocycles. The first kappa shape index (κ1) is 11.6. The van der Waals surface area contributed by atoms with Gasteiger partial charge in [0.25, 0.3) is 5.24 Å². The second kappa shape index (κ2) is 4.93. The lowest BCUT2D eigenvalue weighted by Crippen LogP contribution is -2.25. The molecule has 4 nitrogen and oxygen atoms in total. The summed E-state index contributed by atoms with van der Waals surface area (Å²) in [5.41, 5.74) is 0.955. The molecule has 2 amide bonds. The fourth-order valence-electron chi connectivity index (χ4n) is 1.50. The second-order valence-corrected chi connectivity index (χ2v) is 4.63. The van der Waals surface area contributed by atoms with E-state index >= 15 is 0 Å². The Kier molecular flexibility index (Phi) is 3.35. The number of imide groups is 1. The predicted molar refractivity (Wildman–Crippen MR) is 64.5 cm³/mol. The van der Waals surface area contributed by atoms with Gasteiger partial charge in [-0.2, -0.15) is 0 Å². The van der Waals surface area contributed by atoms with Crippen molar-refractivity contribution in [2.45, 2.75) is 11.7 Å². The SMILES string of the molecule is C#COc1ccc(CC2SC(=O)NC2=O)cc1. The van der Waals surface area contributed by atoms with Gasteiger partial charge < -0.3 is 4.74 Å². The number of hydrogen-bond donors (Lipinski definition) is 1. The van der Waals surface area contributed by atoms with Gasteiger partial charge in [0.2, 0.25) is 5.91 Å². The van der Waals surface area contributed by atoms with Crippen LogP contribution in [0, 0.1) is 12.5 Å². The molecule has 17 heavy (non-hydrogen) atoms. The highest BCUT2D eigenvalue weighted by atomic mass is 32.2. The van der Waals surface area contributed by atoms with Gasteiger partial charge in [0, 0.05) is 0 Å². The highest BCUT2D eigenvalue weighted by Gasteiger charge is 2.31. The lowest BCUT2D eigenvalue weighted by Gasteiger charge is -2.05. The number of benzene rings is 1. The van der Waals surface area contributed by atoms with E-state index in [1.165, 1.54) is 0 Å². The van der Waals surface area contributed by atoms with Gasteiger partial charge in [0.15, 0.2) is 0 Å². The van der Waals surface area contributed by atoms with Crippen molar-refractivity contribution in [2.24, 2.45) is 0 Å². The highest BCUT2D eigenvalue weighted by Crippen LogP contribution is 2.23. The molecule has 0 saturated carbocycles. The number of thioether (sulfide) groups is 1. The van der Waals surface area contributed by atoms with Crippen LogP contribution in [0.5, 0.6) is 5.75 Å². The van der Waals surface area contributed by atoms with E-state index in [9.17, 15) is 9.59 Å². The highest BCUT2D eigenvalue weighted by molar-refractivity contribution is 8.15. The fraction of sp³-hybridized carbons (Fsp3) is 0.167. The number of terminal acetylenes is 1. The van der Waals surface area contributed by atoms with E-state index in [0.717, 1.165) is 17.3 Å². The molecule has 86 valence electrons. The number of amides is 2. The number of ether oxygens (including phenoxy) is 1. The van der Waals surface area contributed by atoms with E-state index in [-0.39, 0.29) is 16.4 Å². The van der Waals surface area contributed by atoms with Gasteiger partial charge >= 0.3 is 0 Å². The van der Waals surface area contributed by atoms with Crippen molar-refractivity contribution in [3.63, 3.8) is 0 Å². The number of rotatable bonds is 3. The molecule has 2 rings (SSSR count). The van der Waals surface area contributed by atoms with E-state index in [1.807, 2.05) is 12.1 Å². The van der Waals surface area contributed by atoms with Crippen molar-refractivity contribution in [3.05, 3.63) is 29.8 Å². The molecule has 0 bridgehead atoms. The minimum absolute atomic E-state index is 0.232. The van der Waals surface area contributed by atoms with Gasteiger partial charge in [0.1, 0.15) is 11.9 Å². The van der Waals surface area contributed by atoms with Crippen molar-refractivity contribution >= 4 is 22.9 Å². The van der Waals surface area contributed by atoms with Crippen LogP contribution in [-0.4, -0.2) is 16.4 Å². The molecule has 1 aliphatic rings. The van der Waals surface area contributed by atoms with Crippen molar-refractivity contribution in [2.75, 3.05) is 0 Å². The number of carbonyl (C=O) groups is 2. The molecular weight excluding hydrogens is 238 g/mol. The topological polar surface area (TPSA) is 55.4 Å². The Bertz CT molecular complexity index is 489. The summed E-state index contributed by atoms with van der Waals surface area (Å²) in [5.74, 6) is 0.347. The molecule has 0 aromatic heterocycles. The van der Waals surface area contributed by atoms with Crippen molar-refractivity contribution in [3.8, 4) is 18.3 Å². The van der Waals surface area contributed by atoms with Crippen LogP contribution in [0.1, 0.15) is 5.56 Å². The summed E-state index contributed by atoms with van der Waals surface area (Å²) in [6, 6.07) is 7.11. The third kappa shape index (κ3) is 2.80. The van der Waals surface area contributed by atoms with E-state index in [1.54, 1.807) is 12.1 Å². The third-order valence-corrected chi connectivity index (χ3v) is 3.27. The first-order chi connectivity index (χ1) is 8.19. The van der Waals surface area contributed by atoms with E-state index in [2.05, 4.69) is 11.4 Å². The monoisotopic (exact) mass is 247 g/mol. The summed E-state index contributed by atoms with van der Waals surface area (Å²) < 4.78 is 4.86. The first-order valence-electron chi connectivity index (χ1n) is 4.92. The van der Waals surface area contributed by atoms with Crippen LogP contribution in [0.4, 0.5) is 4.79 Å². The zero-order valence-electron chi connectivity index (χ0n) is 8.80. The molecule has 1 aromatic carbocycles.